The van der Waals surface area contributed by atoms with Crippen molar-refractivity contribution in [3.63, 3.8) is 0 Å². The number of halogens is 1. The summed E-state index contributed by atoms with van der Waals surface area (Å²) in [6, 6.07) is 10.3. The Bertz CT molecular complexity index is 882. The molecule has 0 bridgehead atoms. The predicted octanol–water partition coefficient (Wildman–Crippen LogP) is 2.20. The van der Waals surface area contributed by atoms with E-state index in [2.05, 4.69) is 0 Å². The zero-order valence-electron chi connectivity index (χ0n) is 11.9. The van der Waals surface area contributed by atoms with E-state index in [9.17, 15) is 19.1 Å². The van der Waals surface area contributed by atoms with E-state index in [0.717, 1.165) is 6.08 Å². The van der Waals surface area contributed by atoms with E-state index in [4.69, 9.17) is 4.74 Å². The standard InChI is InChI=1S/C18H11FO4/c19-11-6-4-10(5-7-11)18(22)9-23-15-8-14(20)17(21)12-2-1-3-13(18)16(12)15/h1-8,22H,9H2. The van der Waals surface area contributed by atoms with Crippen molar-refractivity contribution in [2.75, 3.05) is 6.61 Å². The number of aliphatic hydroxyl groups is 1. The molecule has 0 saturated carbocycles. The molecule has 23 heavy (non-hydrogen) atoms. The molecule has 1 atom stereocenters. The molecule has 1 N–H and O–H groups in total. The van der Waals surface area contributed by atoms with Gasteiger partial charge in [-0.25, -0.2) is 4.39 Å². The molecule has 0 saturated heterocycles. The number of Topliss-reactive ketones (excluding diaryl/α,β-unsaturated/α-hetero) is 1. The highest BCUT2D eigenvalue weighted by Crippen LogP contribution is 2.43. The second kappa shape index (κ2) is 4.60. The van der Waals surface area contributed by atoms with E-state index in [-0.39, 0.29) is 17.9 Å². The van der Waals surface area contributed by atoms with Gasteiger partial charge >= 0.3 is 0 Å². The first-order valence-corrected chi connectivity index (χ1v) is 7.06. The predicted molar refractivity (Wildman–Crippen MR) is 79.1 cm³/mol. The molecule has 2 aliphatic rings. The number of benzene rings is 2. The normalized spacial score (nSPS) is 22.3. The third-order valence-electron chi connectivity index (χ3n) is 4.25. The Morgan fingerprint density at radius 2 is 1.83 bits per heavy atom. The van der Waals surface area contributed by atoms with Crippen LogP contribution in [-0.4, -0.2) is 23.3 Å². The molecule has 1 heterocycles. The van der Waals surface area contributed by atoms with Crippen LogP contribution in [-0.2, 0) is 15.1 Å². The Kier molecular flexibility index (Phi) is 2.77. The number of hydrogen-bond donors (Lipinski definition) is 1. The van der Waals surface area contributed by atoms with Gasteiger partial charge in [-0.1, -0.05) is 30.3 Å². The van der Waals surface area contributed by atoms with Crippen LogP contribution in [0.3, 0.4) is 0 Å². The molecule has 4 nitrogen and oxygen atoms in total. The molecule has 1 aliphatic heterocycles. The van der Waals surface area contributed by atoms with Gasteiger partial charge in [0.05, 0.1) is 0 Å². The summed E-state index contributed by atoms with van der Waals surface area (Å²) in [5.41, 5.74) is 0.0490. The molecule has 0 amide bonds. The quantitative estimate of drug-likeness (QED) is 0.820. The molecule has 1 aliphatic carbocycles. The Balaban J connectivity index is 1.97. The fourth-order valence-electron chi connectivity index (χ4n) is 3.08. The van der Waals surface area contributed by atoms with Gasteiger partial charge in [0.2, 0.25) is 11.6 Å². The maximum absolute atomic E-state index is 13.2. The maximum Gasteiger partial charge on any atom is 0.233 e. The van der Waals surface area contributed by atoms with Gasteiger partial charge in [0.25, 0.3) is 0 Å². The van der Waals surface area contributed by atoms with Crippen LogP contribution in [0.5, 0.6) is 0 Å². The van der Waals surface area contributed by atoms with Gasteiger partial charge in [-0.3, -0.25) is 9.59 Å². The molecular formula is C18H11FO4. The Hall–Kier alpha value is -2.79. The van der Waals surface area contributed by atoms with Crippen molar-refractivity contribution in [1.29, 1.82) is 0 Å². The number of ether oxygens (including phenoxy) is 1. The van der Waals surface area contributed by atoms with Crippen molar-refractivity contribution >= 4 is 17.3 Å². The van der Waals surface area contributed by atoms with Crippen molar-refractivity contribution in [1.82, 2.24) is 0 Å². The summed E-state index contributed by atoms with van der Waals surface area (Å²) >= 11 is 0. The summed E-state index contributed by atoms with van der Waals surface area (Å²) in [6.45, 7) is -0.123. The minimum Gasteiger partial charge on any atom is -0.489 e. The highest BCUT2D eigenvalue weighted by molar-refractivity contribution is 6.50. The summed E-state index contributed by atoms with van der Waals surface area (Å²) < 4.78 is 18.7. The van der Waals surface area contributed by atoms with Crippen molar-refractivity contribution in [2.24, 2.45) is 0 Å². The second-order valence-corrected chi connectivity index (χ2v) is 5.59. The van der Waals surface area contributed by atoms with Gasteiger partial charge in [0, 0.05) is 22.8 Å². The molecular weight excluding hydrogens is 299 g/mol. The lowest BCUT2D eigenvalue weighted by Crippen LogP contribution is -2.39. The van der Waals surface area contributed by atoms with Gasteiger partial charge in [-0.05, 0) is 17.7 Å². The van der Waals surface area contributed by atoms with Crippen LogP contribution in [0.25, 0.3) is 5.76 Å². The highest BCUT2D eigenvalue weighted by Gasteiger charge is 2.43. The number of ketones is 2. The maximum atomic E-state index is 13.2. The first kappa shape index (κ1) is 13.8. The van der Waals surface area contributed by atoms with Gasteiger partial charge in [-0.15, -0.1) is 0 Å². The zero-order valence-corrected chi connectivity index (χ0v) is 11.9. The van der Waals surface area contributed by atoms with Crippen LogP contribution in [0.2, 0.25) is 0 Å². The Morgan fingerprint density at radius 1 is 1.09 bits per heavy atom. The van der Waals surface area contributed by atoms with Crippen molar-refractivity contribution in [3.8, 4) is 0 Å². The highest BCUT2D eigenvalue weighted by atomic mass is 19.1. The molecule has 2 aromatic carbocycles. The van der Waals surface area contributed by atoms with E-state index >= 15 is 0 Å². The number of carbonyl (C=O) groups is 2. The third-order valence-corrected chi connectivity index (χ3v) is 4.25. The lowest BCUT2D eigenvalue weighted by Gasteiger charge is -2.37. The first-order valence-electron chi connectivity index (χ1n) is 7.06. The minimum absolute atomic E-state index is 0.123. The van der Waals surface area contributed by atoms with Gasteiger partial charge < -0.3 is 9.84 Å². The van der Waals surface area contributed by atoms with Crippen molar-refractivity contribution in [2.45, 2.75) is 5.60 Å². The summed E-state index contributed by atoms with van der Waals surface area (Å²) in [4.78, 5) is 23.8. The first-order chi connectivity index (χ1) is 11.0. The third kappa shape index (κ3) is 1.87. The smallest absolute Gasteiger partial charge is 0.233 e. The van der Waals surface area contributed by atoms with Crippen LogP contribution in [0.1, 0.15) is 27.0 Å². The number of allylic oxidation sites excluding steroid dienone is 1. The molecule has 114 valence electrons. The fourth-order valence-corrected chi connectivity index (χ4v) is 3.08. The van der Waals surface area contributed by atoms with Crippen LogP contribution in [0.4, 0.5) is 4.39 Å². The molecule has 0 spiro atoms. The van der Waals surface area contributed by atoms with Crippen LogP contribution >= 0.6 is 0 Å². The van der Waals surface area contributed by atoms with Gasteiger partial charge in [-0.2, -0.15) is 0 Å². The van der Waals surface area contributed by atoms with Crippen molar-refractivity contribution in [3.05, 3.63) is 76.6 Å². The molecule has 5 heteroatoms. The number of carbonyl (C=O) groups excluding carboxylic acids is 2. The molecule has 2 aromatic rings. The van der Waals surface area contributed by atoms with E-state index in [0.29, 0.717) is 16.7 Å². The summed E-state index contributed by atoms with van der Waals surface area (Å²) in [7, 11) is 0. The van der Waals surface area contributed by atoms with E-state index in [1.807, 2.05) is 0 Å². The van der Waals surface area contributed by atoms with Gasteiger partial charge in [0.1, 0.15) is 23.8 Å². The Morgan fingerprint density at radius 3 is 2.57 bits per heavy atom. The lowest BCUT2D eigenvalue weighted by molar-refractivity contribution is -0.111. The summed E-state index contributed by atoms with van der Waals surface area (Å²) in [5.74, 6) is -1.40. The molecule has 1 unspecified atom stereocenters. The monoisotopic (exact) mass is 310 g/mol. The SMILES string of the molecule is O=C1C=C2OCC(O)(c3ccc(F)cc3)c3cccc(c32)C1=O. The second-order valence-electron chi connectivity index (χ2n) is 5.59. The van der Waals surface area contributed by atoms with E-state index in [1.54, 1.807) is 12.1 Å². The largest absolute Gasteiger partial charge is 0.489 e. The molecule has 4 rings (SSSR count). The molecule has 0 radical (unpaired) electrons. The fraction of sp³-hybridized carbons (Fsp3) is 0.111. The van der Waals surface area contributed by atoms with Crippen LogP contribution < -0.4 is 0 Å². The average molecular weight is 310 g/mol. The Labute approximate surface area is 130 Å². The average Bonchev–Trinajstić information content (AvgIpc) is 2.56. The summed E-state index contributed by atoms with van der Waals surface area (Å²) in [5, 5.41) is 11.1. The summed E-state index contributed by atoms with van der Waals surface area (Å²) in [6.07, 6.45) is 1.15. The zero-order chi connectivity index (χ0) is 16.2. The number of rotatable bonds is 1. The molecule has 0 aromatic heterocycles. The molecule has 0 fully saturated rings. The van der Waals surface area contributed by atoms with E-state index in [1.165, 1.54) is 30.3 Å². The minimum atomic E-state index is -1.52. The van der Waals surface area contributed by atoms with Crippen LogP contribution in [0.15, 0.2) is 48.5 Å². The van der Waals surface area contributed by atoms with Crippen LogP contribution in [0, 0.1) is 5.82 Å². The number of hydrogen-bond acceptors (Lipinski definition) is 4. The lowest BCUT2D eigenvalue weighted by atomic mass is 9.78. The topological polar surface area (TPSA) is 63.6 Å². The van der Waals surface area contributed by atoms with E-state index < -0.39 is 23.0 Å². The van der Waals surface area contributed by atoms with Crippen molar-refractivity contribution < 1.29 is 23.8 Å². The van der Waals surface area contributed by atoms with Gasteiger partial charge in [0.15, 0.2) is 0 Å².